The summed E-state index contributed by atoms with van der Waals surface area (Å²) in [5.74, 6) is 0.869. The molecular weight excluding hydrogens is 312 g/mol. The summed E-state index contributed by atoms with van der Waals surface area (Å²) in [6.07, 6.45) is 2.15. The first-order valence-electron chi connectivity index (χ1n) is 5.69. The smallest absolute Gasteiger partial charge is 0.268 e. The molecule has 0 bridgehead atoms. The zero-order chi connectivity index (χ0) is 13.7. The van der Waals surface area contributed by atoms with Gasteiger partial charge in [-0.3, -0.25) is 4.79 Å². The van der Waals surface area contributed by atoms with Crippen LogP contribution >= 0.6 is 15.9 Å². The molecule has 0 aliphatic heterocycles. The van der Waals surface area contributed by atoms with Crippen LogP contribution in [0.5, 0.6) is 11.6 Å². The van der Waals surface area contributed by atoms with E-state index >= 15 is 0 Å². The molecule has 100 valence electrons. The molecule has 0 aliphatic carbocycles. The Morgan fingerprint density at radius 3 is 2.74 bits per heavy atom. The van der Waals surface area contributed by atoms with Crippen LogP contribution < -0.4 is 10.3 Å². The topological polar surface area (TPSA) is 64.2 Å². The van der Waals surface area contributed by atoms with Crippen LogP contribution in [-0.2, 0) is 11.2 Å². The molecule has 0 saturated carbocycles. The monoisotopic (exact) mass is 324 g/mol. The van der Waals surface area contributed by atoms with E-state index in [0.717, 1.165) is 12.0 Å². The molecular formula is C13H13BrN2O3. The van der Waals surface area contributed by atoms with Crippen molar-refractivity contribution in [3.05, 3.63) is 51.0 Å². The Labute approximate surface area is 118 Å². The van der Waals surface area contributed by atoms with E-state index in [-0.39, 0.29) is 15.9 Å². The van der Waals surface area contributed by atoms with Crippen molar-refractivity contribution in [3.63, 3.8) is 0 Å². The van der Waals surface area contributed by atoms with Gasteiger partial charge >= 0.3 is 0 Å². The van der Waals surface area contributed by atoms with Crippen molar-refractivity contribution in [2.45, 2.75) is 6.42 Å². The van der Waals surface area contributed by atoms with Gasteiger partial charge < -0.3 is 14.5 Å². The third-order valence-electron chi connectivity index (χ3n) is 2.50. The van der Waals surface area contributed by atoms with Crippen molar-refractivity contribution < 1.29 is 9.47 Å². The summed E-state index contributed by atoms with van der Waals surface area (Å²) in [7, 11) is 1.67. The average molecular weight is 325 g/mol. The van der Waals surface area contributed by atoms with Gasteiger partial charge in [0.05, 0.1) is 12.9 Å². The van der Waals surface area contributed by atoms with Crippen LogP contribution in [0.25, 0.3) is 0 Å². The number of aromatic nitrogens is 2. The van der Waals surface area contributed by atoms with Gasteiger partial charge in [0, 0.05) is 7.11 Å². The number of halogens is 1. The highest BCUT2D eigenvalue weighted by atomic mass is 79.9. The van der Waals surface area contributed by atoms with Crippen LogP contribution in [0.2, 0.25) is 0 Å². The quantitative estimate of drug-likeness (QED) is 0.917. The van der Waals surface area contributed by atoms with Gasteiger partial charge in [-0.15, -0.1) is 0 Å². The fourth-order valence-electron chi connectivity index (χ4n) is 1.49. The molecule has 0 spiro atoms. The van der Waals surface area contributed by atoms with Crippen molar-refractivity contribution in [2.24, 2.45) is 0 Å². The largest absolute Gasteiger partial charge is 0.438 e. The summed E-state index contributed by atoms with van der Waals surface area (Å²) in [5, 5.41) is 0. The van der Waals surface area contributed by atoms with Crippen molar-refractivity contribution in [1.82, 2.24) is 9.97 Å². The Morgan fingerprint density at radius 2 is 2.05 bits per heavy atom. The van der Waals surface area contributed by atoms with Gasteiger partial charge in [0.1, 0.15) is 10.2 Å². The minimum Gasteiger partial charge on any atom is -0.438 e. The summed E-state index contributed by atoms with van der Waals surface area (Å²) in [5.41, 5.74) is 0.883. The number of ether oxygens (including phenoxy) is 2. The highest BCUT2D eigenvalue weighted by Crippen LogP contribution is 2.24. The van der Waals surface area contributed by atoms with Crippen molar-refractivity contribution >= 4 is 15.9 Å². The number of nitrogens with zero attached hydrogens (tertiary/aromatic N) is 1. The number of aromatic amines is 1. The molecule has 1 heterocycles. The highest BCUT2D eigenvalue weighted by molar-refractivity contribution is 9.10. The number of rotatable bonds is 5. The molecule has 2 aromatic rings. The predicted molar refractivity (Wildman–Crippen MR) is 74.7 cm³/mol. The van der Waals surface area contributed by atoms with Crippen molar-refractivity contribution in [3.8, 4) is 11.6 Å². The molecule has 0 amide bonds. The molecule has 6 heteroatoms. The summed E-state index contributed by atoms with van der Waals surface area (Å²) < 4.78 is 10.8. The van der Waals surface area contributed by atoms with E-state index in [1.807, 2.05) is 24.3 Å². The molecule has 1 aromatic heterocycles. The van der Waals surface area contributed by atoms with Crippen LogP contribution in [0.1, 0.15) is 5.56 Å². The minimum atomic E-state index is -0.276. The number of nitrogens with one attached hydrogen (secondary N) is 1. The third-order valence-corrected chi connectivity index (χ3v) is 3.20. The maximum Gasteiger partial charge on any atom is 0.268 e. The first-order chi connectivity index (χ1) is 9.20. The van der Waals surface area contributed by atoms with Gasteiger partial charge in [0.25, 0.3) is 5.56 Å². The van der Waals surface area contributed by atoms with E-state index in [1.165, 1.54) is 6.33 Å². The van der Waals surface area contributed by atoms with Crippen LogP contribution in [0.15, 0.2) is 39.9 Å². The van der Waals surface area contributed by atoms with E-state index in [2.05, 4.69) is 25.9 Å². The molecule has 0 aliphatic rings. The van der Waals surface area contributed by atoms with E-state index in [9.17, 15) is 4.79 Å². The predicted octanol–water partition coefficient (Wildman–Crippen LogP) is 2.51. The van der Waals surface area contributed by atoms with Crippen LogP contribution in [0.4, 0.5) is 0 Å². The maximum atomic E-state index is 11.4. The van der Waals surface area contributed by atoms with Crippen molar-refractivity contribution in [2.75, 3.05) is 13.7 Å². The van der Waals surface area contributed by atoms with E-state index in [1.54, 1.807) is 7.11 Å². The minimum absolute atomic E-state index is 0.244. The van der Waals surface area contributed by atoms with Gasteiger partial charge in [-0.05, 0) is 40.0 Å². The number of hydrogen-bond acceptors (Lipinski definition) is 4. The van der Waals surface area contributed by atoms with E-state index in [4.69, 9.17) is 9.47 Å². The first-order valence-corrected chi connectivity index (χ1v) is 6.49. The lowest BCUT2D eigenvalue weighted by Crippen LogP contribution is -2.08. The molecule has 1 N–H and O–H groups in total. The molecule has 2 rings (SSSR count). The fourth-order valence-corrected chi connectivity index (χ4v) is 1.79. The second kappa shape index (κ2) is 6.49. The van der Waals surface area contributed by atoms with Crippen LogP contribution in [0.3, 0.4) is 0 Å². The fraction of sp³-hybridized carbons (Fsp3) is 0.231. The molecule has 0 unspecified atom stereocenters. The number of benzene rings is 1. The SMILES string of the molecule is COCCc1ccc(Oc2nc[nH]c(=O)c2Br)cc1. The molecule has 19 heavy (non-hydrogen) atoms. The molecule has 5 nitrogen and oxygen atoms in total. The lowest BCUT2D eigenvalue weighted by molar-refractivity contribution is 0.202. The Kier molecular flexibility index (Phi) is 4.70. The van der Waals surface area contributed by atoms with Gasteiger partial charge in [0.15, 0.2) is 0 Å². The normalized spacial score (nSPS) is 10.4. The molecule has 0 radical (unpaired) electrons. The Bertz CT molecular complexity index is 596. The molecule has 1 aromatic carbocycles. The molecule has 0 fully saturated rings. The summed E-state index contributed by atoms with van der Waals surface area (Å²) in [4.78, 5) is 17.8. The maximum absolute atomic E-state index is 11.4. The summed E-state index contributed by atoms with van der Waals surface area (Å²) >= 11 is 3.14. The van der Waals surface area contributed by atoms with Crippen LogP contribution in [0, 0.1) is 0 Å². The molecule has 0 saturated heterocycles. The standard InChI is InChI=1S/C13H13BrN2O3/c1-18-7-6-9-2-4-10(5-3-9)19-13-11(14)12(17)15-8-16-13/h2-5,8H,6-7H2,1H3,(H,15,16,17). The lowest BCUT2D eigenvalue weighted by Gasteiger charge is -2.06. The van der Waals surface area contributed by atoms with Gasteiger partial charge in [-0.1, -0.05) is 12.1 Å². The third kappa shape index (κ3) is 3.65. The van der Waals surface area contributed by atoms with Gasteiger partial charge in [-0.2, -0.15) is 0 Å². The second-order valence-corrected chi connectivity index (χ2v) is 4.63. The van der Waals surface area contributed by atoms with E-state index < -0.39 is 0 Å². The van der Waals surface area contributed by atoms with E-state index in [0.29, 0.717) is 12.4 Å². The average Bonchev–Trinajstić information content (AvgIpc) is 2.43. The summed E-state index contributed by atoms with van der Waals surface area (Å²) in [6.45, 7) is 0.682. The van der Waals surface area contributed by atoms with Gasteiger partial charge in [-0.25, -0.2) is 4.98 Å². The second-order valence-electron chi connectivity index (χ2n) is 3.84. The van der Waals surface area contributed by atoms with Crippen molar-refractivity contribution in [1.29, 1.82) is 0 Å². The lowest BCUT2D eigenvalue weighted by atomic mass is 10.1. The number of methoxy groups -OCH3 is 1. The summed E-state index contributed by atoms with van der Waals surface area (Å²) in [6, 6.07) is 7.57. The Morgan fingerprint density at radius 1 is 1.32 bits per heavy atom. The first kappa shape index (κ1) is 13.8. The number of hydrogen-bond donors (Lipinski definition) is 1. The number of H-pyrrole nitrogens is 1. The van der Waals surface area contributed by atoms with Gasteiger partial charge in [0.2, 0.25) is 5.88 Å². The highest BCUT2D eigenvalue weighted by Gasteiger charge is 2.07. The van der Waals surface area contributed by atoms with Crippen LogP contribution in [-0.4, -0.2) is 23.7 Å². The molecule has 0 atom stereocenters. The Hall–Kier alpha value is -1.66. The Balaban J connectivity index is 2.11. The zero-order valence-electron chi connectivity index (χ0n) is 10.4. The zero-order valence-corrected chi connectivity index (χ0v) is 11.9.